The molecule has 1 heterocycles. The van der Waals surface area contributed by atoms with Crippen molar-refractivity contribution in [3.8, 4) is 0 Å². The zero-order valence-corrected chi connectivity index (χ0v) is 5.70. The first-order valence-corrected chi connectivity index (χ1v) is 3.26. The topological polar surface area (TPSA) is 30.2 Å². The summed E-state index contributed by atoms with van der Waals surface area (Å²) >= 11 is 0. The number of benzene rings is 1. The highest BCUT2D eigenvalue weighted by atomic mass is 16.3. The van der Waals surface area contributed by atoms with Gasteiger partial charge in [-0.1, -0.05) is 12.1 Å². The van der Waals surface area contributed by atoms with Crippen LogP contribution >= 0.6 is 0 Å². The lowest BCUT2D eigenvalue weighted by Gasteiger charge is -1.91. The highest BCUT2D eigenvalue weighted by Gasteiger charge is 1.95. The summed E-state index contributed by atoms with van der Waals surface area (Å²) in [6.45, 7) is 0. The van der Waals surface area contributed by atoms with E-state index < -0.39 is 0 Å². The maximum Gasteiger partial charge on any atom is 0.192 e. The lowest BCUT2D eigenvalue weighted by molar-refractivity contribution is 0.602. The molecule has 0 saturated carbocycles. The molecular formula is C9H6O2. The van der Waals surface area contributed by atoms with Gasteiger partial charge in [-0.2, -0.15) is 0 Å². The van der Waals surface area contributed by atoms with Crippen LogP contribution in [0.15, 0.2) is 45.8 Å². The highest BCUT2D eigenvalue weighted by Crippen LogP contribution is 2.06. The molecule has 2 rings (SSSR count). The third kappa shape index (κ3) is 0.923. The molecule has 1 aromatic carbocycles. The van der Waals surface area contributed by atoms with Crippen molar-refractivity contribution in [2.75, 3.05) is 0 Å². The minimum absolute atomic E-state index is 0.106. The van der Waals surface area contributed by atoms with E-state index in [1.54, 1.807) is 18.2 Å². The Morgan fingerprint density at radius 2 is 2.27 bits per heavy atom. The maximum atomic E-state index is 11.2. The van der Waals surface area contributed by atoms with Crippen molar-refractivity contribution >= 4 is 11.0 Å². The fraction of sp³-hybridized carbons (Fsp3) is 0. The molecule has 2 heteroatoms. The van der Waals surface area contributed by atoms with Crippen molar-refractivity contribution in [2.45, 2.75) is 0 Å². The normalized spacial score (nSPS) is 11.5. The van der Waals surface area contributed by atoms with Crippen molar-refractivity contribution < 1.29 is 5.79 Å². The van der Waals surface area contributed by atoms with Crippen LogP contribution in [0.5, 0.6) is 0 Å². The predicted octanol–water partition coefficient (Wildman–Crippen LogP) is 1.79. The molecular weight excluding hydrogens is 140 g/mol. The summed E-state index contributed by atoms with van der Waals surface area (Å²) in [7, 11) is 0. The predicted molar refractivity (Wildman–Crippen MR) is 42.5 cm³/mol. The Morgan fingerprint density at radius 1 is 1.36 bits per heavy atom. The Kier molecular flexibility index (Phi) is 1.04. The fourth-order valence-corrected chi connectivity index (χ4v) is 0.967. The van der Waals surface area contributed by atoms with E-state index in [0.717, 1.165) is 0 Å². The first kappa shape index (κ1) is 5.13. The second-order valence-corrected chi connectivity index (χ2v) is 2.20. The molecule has 0 fully saturated rings. The molecule has 0 aliphatic rings. The fourth-order valence-electron chi connectivity index (χ4n) is 0.967. The molecule has 2 aromatic rings. The monoisotopic (exact) mass is 147 g/mol. The van der Waals surface area contributed by atoms with Gasteiger partial charge >= 0.3 is 0 Å². The van der Waals surface area contributed by atoms with E-state index >= 15 is 0 Å². The smallest absolute Gasteiger partial charge is 0.192 e. The van der Waals surface area contributed by atoms with Crippen LogP contribution < -0.4 is 5.43 Å². The molecule has 2 nitrogen and oxygen atoms in total. The van der Waals surface area contributed by atoms with Gasteiger partial charge in [0.05, 0.1) is 13.0 Å². The molecule has 0 aliphatic heterocycles. The van der Waals surface area contributed by atoms with Crippen LogP contribution in [0.3, 0.4) is 0 Å². The van der Waals surface area contributed by atoms with Crippen LogP contribution in [0, 0.1) is 0 Å². The van der Waals surface area contributed by atoms with Gasteiger partial charge in [-0.15, -0.1) is 0 Å². The lowest BCUT2D eigenvalue weighted by Crippen LogP contribution is -1.96. The van der Waals surface area contributed by atoms with Gasteiger partial charge < -0.3 is 4.42 Å². The van der Waals surface area contributed by atoms with Crippen molar-refractivity contribution in [3.05, 3.63) is 46.8 Å². The van der Waals surface area contributed by atoms with Gasteiger partial charge in [0.25, 0.3) is 0 Å². The Balaban J connectivity index is 3.05. The first-order valence-electron chi connectivity index (χ1n) is 3.76. The molecule has 11 heavy (non-hydrogen) atoms. The van der Waals surface area contributed by atoms with Crippen molar-refractivity contribution in [3.63, 3.8) is 0 Å². The van der Waals surface area contributed by atoms with E-state index in [1.807, 2.05) is 0 Å². The number of hydrogen-bond donors (Lipinski definition) is 0. The average molecular weight is 147 g/mol. The third-order valence-electron chi connectivity index (χ3n) is 1.49. The number of rotatable bonds is 0. The summed E-state index contributed by atoms with van der Waals surface area (Å²) in [5.41, 5.74) is 0.246. The van der Waals surface area contributed by atoms with E-state index in [9.17, 15) is 4.79 Å². The molecule has 0 unspecified atom stereocenters. The number of fused-ring (bicyclic) bond motifs is 1. The summed E-state index contributed by atoms with van der Waals surface area (Å²) in [5, 5.41) is 0.463. The second-order valence-electron chi connectivity index (χ2n) is 2.20. The Morgan fingerprint density at radius 3 is 3.09 bits per heavy atom. The van der Waals surface area contributed by atoms with E-state index in [-0.39, 0.29) is 11.5 Å². The minimum Gasteiger partial charge on any atom is -0.464 e. The molecule has 0 saturated heterocycles. The molecule has 0 atom stereocenters. The van der Waals surface area contributed by atoms with E-state index in [1.165, 1.54) is 12.3 Å². The van der Waals surface area contributed by atoms with Crippen LogP contribution in [-0.2, 0) is 0 Å². The van der Waals surface area contributed by atoms with Gasteiger partial charge in [0, 0.05) is 6.07 Å². The average Bonchev–Trinajstić information content (AvgIpc) is 2.07. The number of hydrogen-bond acceptors (Lipinski definition) is 2. The van der Waals surface area contributed by atoms with Crippen LogP contribution in [-0.4, -0.2) is 0 Å². The Hall–Kier alpha value is -1.57. The van der Waals surface area contributed by atoms with E-state index in [4.69, 9.17) is 5.79 Å². The molecule has 0 aliphatic carbocycles. The van der Waals surface area contributed by atoms with Gasteiger partial charge in [-0.25, -0.2) is 0 Å². The Labute approximate surface area is 64.5 Å². The minimum atomic E-state index is -0.106. The summed E-state index contributed by atoms with van der Waals surface area (Å²) in [5.74, 6) is 0. The van der Waals surface area contributed by atoms with Gasteiger partial charge in [0.15, 0.2) is 5.43 Å². The van der Waals surface area contributed by atoms with E-state index in [0.29, 0.717) is 11.0 Å². The molecule has 1 aromatic heterocycles. The molecule has 54 valence electrons. The number of para-hydroxylation sites is 1. The van der Waals surface area contributed by atoms with Gasteiger partial charge in [0.2, 0.25) is 0 Å². The molecule has 0 spiro atoms. The van der Waals surface area contributed by atoms with Gasteiger partial charge in [-0.05, 0) is 12.1 Å². The van der Waals surface area contributed by atoms with Gasteiger partial charge in [-0.3, -0.25) is 4.79 Å². The zero-order valence-electron chi connectivity index (χ0n) is 6.70. The van der Waals surface area contributed by atoms with E-state index in [2.05, 4.69) is 0 Å². The SMILES string of the molecule is [2H]c1cccc2c(=O)ccoc12. The van der Waals surface area contributed by atoms with Crippen molar-refractivity contribution in [2.24, 2.45) is 0 Å². The molecule has 0 N–H and O–H groups in total. The summed E-state index contributed by atoms with van der Waals surface area (Å²) in [6.07, 6.45) is 1.31. The summed E-state index contributed by atoms with van der Waals surface area (Å²) in [6, 6.07) is 6.50. The summed E-state index contributed by atoms with van der Waals surface area (Å²) < 4.78 is 12.5. The van der Waals surface area contributed by atoms with Crippen LogP contribution in [0.4, 0.5) is 0 Å². The van der Waals surface area contributed by atoms with Crippen LogP contribution in [0.1, 0.15) is 1.37 Å². The Bertz CT molecular complexity index is 473. The summed E-state index contributed by atoms with van der Waals surface area (Å²) in [4.78, 5) is 11.2. The molecule has 0 amide bonds. The molecule has 0 radical (unpaired) electrons. The van der Waals surface area contributed by atoms with Crippen molar-refractivity contribution in [1.29, 1.82) is 0 Å². The lowest BCUT2D eigenvalue weighted by atomic mass is 10.2. The third-order valence-corrected chi connectivity index (χ3v) is 1.49. The quantitative estimate of drug-likeness (QED) is 0.568. The van der Waals surface area contributed by atoms with Crippen molar-refractivity contribution in [1.82, 2.24) is 0 Å². The standard InChI is InChI=1S/C9H6O2/c10-8-5-6-11-9-4-2-1-3-7(8)9/h1-6H/i4D. The zero-order chi connectivity index (χ0) is 8.55. The van der Waals surface area contributed by atoms with Gasteiger partial charge in [0.1, 0.15) is 5.58 Å². The van der Waals surface area contributed by atoms with Crippen LogP contribution in [0.2, 0.25) is 0 Å². The second kappa shape index (κ2) is 2.23. The highest BCUT2D eigenvalue weighted by molar-refractivity contribution is 5.75. The molecule has 0 bridgehead atoms. The maximum absolute atomic E-state index is 11.2. The van der Waals surface area contributed by atoms with Crippen LogP contribution in [0.25, 0.3) is 11.0 Å². The largest absolute Gasteiger partial charge is 0.464 e. The first-order chi connectivity index (χ1) is 5.79.